The van der Waals surface area contributed by atoms with Gasteiger partial charge in [-0.2, -0.15) is 0 Å². The molecule has 0 bridgehead atoms. The van der Waals surface area contributed by atoms with Gasteiger partial charge in [0.2, 0.25) is 0 Å². The van der Waals surface area contributed by atoms with Gasteiger partial charge < -0.3 is 14.2 Å². The van der Waals surface area contributed by atoms with E-state index < -0.39 is 5.60 Å². The average molecular weight is 440 g/mol. The van der Waals surface area contributed by atoms with Gasteiger partial charge in [0.05, 0.1) is 6.33 Å². The van der Waals surface area contributed by atoms with Gasteiger partial charge in [0.1, 0.15) is 5.60 Å². The summed E-state index contributed by atoms with van der Waals surface area (Å²) in [6, 6.07) is 19.5. The minimum Gasteiger partial charge on any atom is -0.444 e. The van der Waals surface area contributed by atoms with Crippen LogP contribution in [-0.2, 0) is 17.8 Å². The van der Waals surface area contributed by atoms with Crippen molar-refractivity contribution < 1.29 is 9.53 Å². The number of rotatable bonds is 6. The molecular formula is C28H29N3O2. The molecule has 0 atom stereocenters. The van der Waals surface area contributed by atoms with Gasteiger partial charge in [-0.3, -0.25) is 0 Å². The first-order valence-corrected chi connectivity index (χ1v) is 11.5. The van der Waals surface area contributed by atoms with Crippen LogP contribution in [0.1, 0.15) is 32.8 Å². The fourth-order valence-corrected chi connectivity index (χ4v) is 4.56. The van der Waals surface area contributed by atoms with Crippen molar-refractivity contribution in [3.63, 3.8) is 0 Å². The molecule has 33 heavy (non-hydrogen) atoms. The molecule has 5 heteroatoms. The zero-order valence-electron chi connectivity index (χ0n) is 19.4. The lowest BCUT2D eigenvalue weighted by Crippen LogP contribution is -2.37. The van der Waals surface area contributed by atoms with Crippen molar-refractivity contribution in [3.8, 4) is 0 Å². The number of amides is 1. The normalized spacial score (nSPS) is 12.1. The van der Waals surface area contributed by atoms with Crippen LogP contribution < -0.4 is 0 Å². The highest BCUT2D eigenvalue weighted by Crippen LogP contribution is 2.36. The monoisotopic (exact) mass is 439 g/mol. The molecule has 0 aliphatic carbocycles. The predicted octanol–water partition coefficient (Wildman–Crippen LogP) is 6.61. The zero-order valence-corrected chi connectivity index (χ0v) is 19.4. The fraction of sp³-hybridized carbons (Fsp3) is 0.286. The van der Waals surface area contributed by atoms with E-state index in [0.717, 1.165) is 18.5 Å². The number of ether oxygens (including phenoxy) is 1. The Labute approximate surface area is 193 Å². The topological polar surface area (TPSA) is 47.4 Å². The Morgan fingerprint density at radius 2 is 1.67 bits per heavy atom. The second kappa shape index (κ2) is 8.39. The van der Waals surface area contributed by atoms with Crippen molar-refractivity contribution in [2.45, 2.75) is 45.9 Å². The fourth-order valence-electron chi connectivity index (χ4n) is 4.56. The number of aryl methyl sites for hydroxylation is 1. The van der Waals surface area contributed by atoms with Gasteiger partial charge in [0.25, 0.3) is 0 Å². The number of benzene rings is 4. The summed E-state index contributed by atoms with van der Waals surface area (Å²) >= 11 is 0. The van der Waals surface area contributed by atoms with E-state index in [4.69, 9.17) is 4.74 Å². The molecule has 0 N–H and O–H groups in total. The minimum atomic E-state index is -0.539. The van der Waals surface area contributed by atoms with Crippen LogP contribution in [0.4, 0.5) is 4.79 Å². The van der Waals surface area contributed by atoms with Crippen LogP contribution in [0.3, 0.4) is 0 Å². The van der Waals surface area contributed by atoms with E-state index in [1.54, 1.807) is 12.5 Å². The Kier molecular flexibility index (Phi) is 5.41. The molecule has 0 fully saturated rings. The molecule has 0 saturated carbocycles. The first-order chi connectivity index (χ1) is 15.9. The molecule has 168 valence electrons. The number of hydrogen-bond donors (Lipinski definition) is 0. The first kappa shape index (κ1) is 21.3. The molecule has 5 rings (SSSR count). The highest BCUT2D eigenvalue weighted by molar-refractivity contribution is 6.23. The number of carbonyl (C=O) groups is 1. The molecule has 5 nitrogen and oxygen atoms in total. The first-order valence-electron chi connectivity index (χ1n) is 11.5. The van der Waals surface area contributed by atoms with Gasteiger partial charge in [0.15, 0.2) is 0 Å². The SMILES string of the molecule is CC(C)(C)OC(=O)N(CCCn1ccnc1)Cc1ccc2ccc3cccc4ccc1c2c34. The Balaban J connectivity index is 1.49. The molecule has 1 heterocycles. The van der Waals surface area contributed by atoms with Crippen LogP contribution in [0.5, 0.6) is 0 Å². The van der Waals surface area contributed by atoms with Crippen LogP contribution in [0, 0.1) is 0 Å². The summed E-state index contributed by atoms with van der Waals surface area (Å²) in [6.45, 7) is 7.64. The zero-order chi connectivity index (χ0) is 23.0. The highest BCUT2D eigenvalue weighted by Gasteiger charge is 2.23. The van der Waals surface area contributed by atoms with Crippen molar-refractivity contribution in [2.24, 2.45) is 0 Å². The maximum Gasteiger partial charge on any atom is 0.410 e. The van der Waals surface area contributed by atoms with Crippen LogP contribution in [0.2, 0.25) is 0 Å². The predicted molar refractivity (Wildman–Crippen MR) is 134 cm³/mol. The number of aromatic nitrogens is 2. The molecular weight excluding hydrogens is 410 g/mol. The van der Waals surface area contributed by atoms with Crippen molar-refractivity contribution in [2.75, 3.05) is 6.54 Å². The van der Waals surface area contributed by atoms with E-state index in [1.165, 1.54) is 32.3 Å². The van der Waals surface area contributed by atoms with Crippen molar-refractivity contribution in [1.82, 2.24) is 14.5 Å². The summed E-state index contributed by atoms with van der Waals surface area (Å²) in [5.74, 6) is 0. The standard InChI is InChI=1S/C28H29N3O2/c1-28(2,3)33-27(32)31(16-5-15-30-17-14-29-19-30)18-23-11-10-22-9-8-20-6-4-7-21-12-13-24(23)26(22)25(20)21/h4,6-14,17,19H,5,15-16,18H2,1-3H3. The summed E-state index contributed by atoms with van der Waals surface area (Å²) in [5.41, 5.74) is 0.594. The number of imidazole rings is 1. The summed E-state index contributed by atoms with van der Waals surface area (Å²) in [6.07, 6.45) is 6.06. The third-order valence-corrected chi connectivity index (χ3v) is 6.04. The Bertz CT molecular complexity index is 1380. The molecule has 0 radical (unpaired) electrons. The lowest BCUT2D eigenvalue weighted by molar-refractivity contribution is 0.0230. The molecule has 4 aromatic carbocycles. The van der Waals surface area contributed by atoms with Crippen molar-refractivity contribution in [3.05, 3.63) is 78.9 Å². The highest BCUT2D eigenvalue weighted by atomic mass is 16.6. The van der Waals surface area contributed by atoms with Crippen LogP contribution >= 0.6 is 0 Å². The Morgan fingerprint density at radius 1 is 0.970 bits per heavy atom. The van der Waals surface area contributed by atoms with E-state index in [-0.39, 0.29) is 6.09 Å². The molecule has 0 spiro atoms. The maximum atomic E-state index is 13.1. The quantitative estimate of drug-likeness (QED) is 0.280. The molecule has 0 saturated heterocycles. The second-order valence-corrected chi connectivity index (χ2v) is 9.64. The van der Waals surface area contributed by atoms with E-state index in [9.17, 15) is 4.79 Å². The number of nitrogens with zero attached hydrogens (tertiary/aromatic N) is 3. The van der Waals surface area contributed by atoms with E-state index in [1.807, 2.05) is 36.4 Å². The van der Waals surface area contributed by atoms with Crippen LogP contribution in [-0.4, -0.2) is 32.7 Å². The molecule has 5 aromatic rings. The van der Waals surface area contributed by atoms with Gasteiger partial charge in [-0.1, -0.05) is 54.6 Å². The maximum absolute atomic E-state index is 13.1. The smallest absolute Gasteiger partial charge is 0.410 e. The third kappa shape index (κ3) is 4.36. The second-order valence-electron chi connectivity index (χ2n) is 9.64. The Morgan fingerprint density at radius 3 is 2.36 bits per heavy atom. The van der Waals surface area contributed by atoms with Gasteiger partial charge in [-0.05, 0) is 65.1 Å². The Hall–Kier alpha value is -3.60. The third-order valence-electron chi connectivity index (χ3n) is 6.04. The minimum absolute atomic E-state index is 0.279. The van der Waals surface area contributed by atoms with Gasteiger partial charge in [-0.25, -0.2) is 9.78 Å². The van der Waals surface area contributed by atoms with Crippen molar-refractivity contribution in [1.29, 1.82) is 0 Å². The van der Waals surface area contributed by atoms with E-state index >= 15 is 0 Å². The van der Waals surface area contributed by atoms with Gasteiger partial charge >= 0.3 is 6.09 Å². The summed E-state index contributed by atoms with van der Waals surface area (Å²) in [4.78, 5) is 19.0. The van der Waals surface area contributed by atoms with Crippen LogP contribution in [0.15, 0.2) is 73.3 Å². The van der Waals surface area contributed by atoms with Crippen molar-refractivity contribution >= 4 is 38.4 Å². The molecule has 0 unspecified atom stereocenters. The van der Waals surface area contributed by atoms with Crippen LogP contribution in [0.25, 0.3) is 32.3 Å². The van der Waals surface area contributed by atoms with E-state index in [0.29, 0.717) is 13.1 Å². The summed E-state index contributed by atoms with van der Waals surface area (Å²) in [7, 11) is 0. The average Bonchev–Trinajstić information content (AvgIpc) is 3.30. The lowest BCUT2D eigenvalue weighted by atomic mass is 9.92. The molecule has 1 aromatic heterocycles. The molecule has 0 aliphatic rings. The van der Waals surface area contributed by atoms with Gasteiger partial charge in [0, 0.05) is 32.0 Å². The molecule has 1 amide bonds. The number of carbonyl (C=O) groups excluding carboxylic acids is 1. The lowest BCUT2D eigenvalue weighted by Gasteiger charge is -2.28. The largest absolute Gasteiger partial charge is 0.444 e. The van der Waals surface area contributed by atoms with Gasteiger partial charge in [-0.15, -0.1) is 0 Å². The molecule has 0 aliphatic heterocycles. The summed E-state index contributed by atoms with van der Waals surface area (Å²) < 4.78 is 7.78. The van der Waals surface area contributed by atoms with E-state index in [2.05, 4.69) is 59.6 Å². The number of hydrogen-bond acceptors (Lipinski definition) is 3. The summed E-state index contributed by atoms with van der Waals surface area (Å²) in [5, 5.41) is 7.46.